The lowest BCUT2D eigenvalue weighted by Crippen LogP contribution is -2.50. The normalized spacial score (nSPS) is 19.1. The number of likely N-dealkylation sites (tertiary alicyclic amines) is 1. The Morgan fingerprint density at radius 2 is 1.62 bits per heavy atom. The third-order valence-corrected chi connectivity index (χ3v) is 15.6. The zero-order chi connectivity index (χ0) is 55.2. The predicted octanol–water partition coefficient (Wildman–Crippen LogP) is 9.96. The molecule has 2 aliphatic heterocycles. The van der Waals surface area contributed by atoms with Gasteiger partial charge in [-0.05, 0) is 121 Å². The van der Waals surface area contributed by atoms with Gasteiger partial charge >= 0.3 is 0 Å². The SMILES string of the molecule is Cc1ncsc1-c1ccc(CNC(=O)[C@@H]2C[C@@H](O)CN2C(=O)[C@@H](CC(=O)Cc2ccc(OCCOCCNC(=O)/C=C/c3cc(F)c([C@@H]4C5=C(C[C@@H](C)N4CC(C)(C)F)c4ccccc4C5)c(F)c3)cc2)C(C)(C)C)cc1. The number of aliphatic hydroxyl groups is 1. The van der Waals surface area contributed by atoms with Gasteiger partial charge in [0, 0.05) is 69.0 Å². The second-order valence-corrected chi connectivity index (χ2v) is 23.1. The Bertz CT molecular complexity index is 2980. The number of carbonyl (C=O) groups excluding carboxylic acids is 4. The van der Waals surface area contributed by atoms with Crippen LogP contribution in [0.15, 0.2) is 102 Å². The number of β-amino-alcohol motifs (C(OH)–C–C–N with tert-alkyl or cyclic N) is 1. The molecule has 408 valence electrons. The zero-order valence-corrected chi connectivity index (χ0v) is 45.8. The van der Waals surface area contributed by atoms with E-state index >= 15 is 13.2 Å². The molecule has 0 spiro atoms. The first-order valence-electron chi connectivity index (χ1n) is 26.4. The molecular weight excluding hydrogens is 1000 g/mol. The summed E-state index contributed by atoms with van der Waals surface area (Å²) in [7, 11) is 0. The number of hydrogen-bond acceptors (Lipinski definition) is 10. The summed E-state index contributed by atoms with van der Waals surface area (Å²) >= 11 is 1.57. The number of aliphatic hydroxyl groups excluding tert-OH is 1. The molecule has 0 bridgehead atoms. The molecule has 8 rings (SSSR count). The number of fused-ring (bicyclic) bond motifs is 2. The van der Waals surface area contributed by atoms with E-state index in [1.165, 1.54) is 43.0 Å². The van der Waals surface area contributed by atoms with Crippen LogP contribution in [0.3, 0.4) is 0 Å². The second kappa shape index (κ2) is 24.5. The maximum Gasteiger partial charge on any atom is 0.244 e. The summed E-state index contributed by atoms with van der Waals surface area (Å²) in [6.45, 7) is 13.6. The lowest BCUT2D eigenvalue weighted by Gasteiger charge is -2.44. The molecule has 0 radical (unpaired) electrons. The third-order valence-electron chi connectivity index (χ3n) is 14.6. The molecule has 5 atom stereocenters. The summed E-state index contributed by atoms with van der Waals surface area (Å²) < 4.78 is 58.9. The number of aromatic nitrogens is 1. The lowest BCUT2D eigenvalue weighted by molar-refractivity contribution is -0.146. The van der Waals surface area contributed by atoms with Crippen molar-refractivity contribution in [2.75, 3.05) is 39.5 Å². The van der Waals surface area contributed by atoms with Crippen molar-refractivity contribution >= 4 is 46.5 Å². The van der Waals surface area contributed by atoms with E-state index in [2.05, 4.69) is 15.6 Å². The van der Waals surface area contributed by atoms with Crippen molar-refractivity contribution in [3.05, 3.63) is 153 Å². The number of hydrogen-bond donors (Lipinski definition) is 3. The van der Waals surface area contributed by atoms with Crippen LogP contribution in [-0.2, 0) is 43.3 Å². The number of halogens is 3. The summed E-state index contributed by atoms with van der Waals surface area (Å²) in [4.78, 5) is 62.6. The van der Waals surface area contributed by atoms with E-state index in [-0.39, 0.29) is 100 Å². The molecule has 3 aliphatic rings. The Morgan fingerprint density at radius 3 is 2.30 bits per heavy atom. The molecule has 3 N–H and O–H groups in total. The highest BCUT2D eigenvalue weighted by molar-refractivity contribution is 7.13. The number of Topliss-reactive ketones (excluding diaryl/α,β-unsaturated/α-hetero) is 1. The molecule has 1 fully saturated rings. The molecular formula is C61H70F3N5O7S. The smallest absolute Gasteiger partial charge is 0.244 e. The Labute approximate surface area is 453 Å². The van der Waals surface area contributed by atoms with E-state index in [1.807, 2.05) is 93.6 Å². The van der Waals surface area contributed by atoms with Gasteiger partial charge < -0.3 is 30.1 Å². The van der Waals surface area contributed by atoms with E-state index in [0.717, 1.165) is 49.5 Å². The van der Waals surface area contributed by atoms with Crippen LogP contribution in [0.4, 0.5) is 13.2 Å². The monoisotopic (exact) mass is 1070 g/mol. The number of ketones is 1. The van der Waals surface area contributed by atoms with Gasteiger partial charge in [-0.15, -0.1) is 11.3 Å². The van der Waals surface area contributed by atoms with Crippen LogP contribution in [0.5, 0.6) is 5.75 Å². The van der Waals surface area contributed by atoms with Crippen LogP contribution in [0.25, 0.3) is 22.1 Å². The van der Waals surface area contributed by atoms with E-state index in [0.29, 0.717) is 18.6 Å². The molecule has 0 unspecified atom stereocenters. The summed E-state index contributed by atoms with van der Waals surface area (Å²) in [5, 5.41) is 16.3. The van der Waals surface area contributed by atoms with Gasteiger partial charge in [0.05, 0.1) is 41.4 Å². The topological polar surface area (TPSA) is 150 Å². The minimum Gasteiger partial charge on any atom is -0.491 e. The number of rotatable bonds is 21. The van der Waals surface area contributed by atoms with Gasteiger partial charge in [-0.25, -0.2) is 18.2 Å². The molecule has 3 heterocycles. The summed E-state index contributed by atoms with van der Waals surface area (Å²) in [6.07, 6.45) is 3.04. The standard InChI is InChI=1S/C61H70F3N5O7S/c1-37-26-48-47-11-9-8-10-43(47)30-49(48)56(69(37)35-61(6,7)64)55-51(62)28-41(29-52(55)63)16-21-54(72)65-22-23-75-24-25-76-46-19-14-39(15-20-46)27-44(70)31-50(60(3,4)5)59(74)68-34-45(71)32-53(68)58(73)66-33-40-12-17-42(18-13-40)57-38(2)67-36-77-57/h8-21,28-29,36-37,45,50,53,56,71H,22-27,30-35H2,1-7H3,(H,65,72)(H,66,73)/b21-16+/t37-,45-,50-,53+,56+/m1/s1. The quantitative estimate of drug-likeness (QED) is 0.0482. The number of nitrogens with one attached hydrogen (secondary N) is 2. The van der Waals surface area contributed by atoms with Crippen LogP contribution in [0.2, 0.25) is 0 Å². The molecule has 1 aromatic heterocycles. The van der Waals surface area contributed by atoms with Crippen LogP contribution in [0.1, 0.15) is 106 Å². The number of thiazole rings is 1. The number of ether oxygens (including phenoxy) is 2. The number of benzene rings is 4. The first-order chi connectivity index (χ1) is 36.6. The number of carbonyl (C=O) groups is 4. The Morgan fingerprint density at radius 1 is 0.922 bits per heavy atom. The van der Waals surface area contributed by atoms with Crippen molar-refractivity contribution < 1.29 is 46.9 Å². The van der Waals surface area contributed by atoms with Gasteiger partial charge in [-0.1, -0.05) is 81.4 Å². The first-order valence-corrected chi connectivity index (χ1v) is 27.3. The Kier molecular flexibility index (Phi) is 18.0. The van der Waals surface area contributed by atoms with E-state index in [9.17, 15) is 24.3 Å². The first kappa shape index (κ1) is 56.7. The highest BCUT2D eigenvalue weighted by Gasteiger charge is 2.45. The Balaban J connectivity index is 0.756. The van der Waals surface area contributed by atoms with Crippen molar-refractivity contribution in [1.29, 1.82) is 0 Å². The van der Waals surface area contributed by atoms with Crippen LogP contribution in [0, 0.1) is 29.9 Å². The fourth-order valence-electron chi connectivity index (χ4n) is 10.8. The second-order valence-electron chi connectivity index (χ2n) is 22.2. The lowest BCUT2D eigenvalue weighted by atomic mass is 9.76. The van der Waals surface area contributed by atoms with Crippen molar-refractivity contribution in [2.45, 2.75) is 117 Å². The largest absolute Gasteiger partial charge is 0.491 e. The molecule has 12 nitrogen and oxygen atoms in total. The number of amides is 3. The summed E-state index contributed by atoms with van der Waals surface area (Å²) in [5.41, 5.74) is 7.42. The molecule has 0 saturated carbocycles. The molecule has 5 aromatic rings. The van der Waals surface area contributed by atoms with Crippen LogP contribution in [-0.4, -0.2) is 107 Å². The Hall–Kier alpha value is -6.46. The van der Waals surface area contributed by atoms with Crippen molar-refractivity contribution in [3.63, 3.8) is 0 Å². The number of aryl methyl sites for hydroxylation is 1. The molecule has 77 heavy (non-hydrogen) atoms. The summed E-state index contributed by atoms with van der Waals surface area (Å²) in [5.74, 6) is -2.99. The van der Waals surface area contributed by atoms with Gasteiger partial charge in [-0.2, -0.15) is 0 Å². The fraction of sp³-hybridized carbons (Fsp3) is 0.426. The molecule has 3 amide bonds. The molecule has 4 aromatic carbocycles. The number of alkyl halides is 1. The van der Waals surface area contributed by atoms with E-state index in [4.69, 9.17) is 9.47 Å². The highest BCUT2D eigenvalue weighted by atomic mass is 32.1. The van der Waals surface area contributed by atoms with Crippen molar-refractivity contribution in [3.8, 4) is 16.2 Å². The minimum atomic E-state index is -1.60. The third kappa shape index (κ3) is 14.2. The van der Waals surface area contributed by atoms with Gasteiger partial charge in [0.2, 0.25) is 17.7 Å². The average molecular weight is 1070 g/mol. The van der Waals surface area contributed by atoms with Gasteiger partial charge in [0.15, 0.2) is 0 Å². The maximum atomic E-state index is 16.1. The minimum absolute atomic E-state index is 0.00280. The maximum absolute atomic E-state index is 16.1. The van der Waals surface area contributed by atoms with E-state index < -0.39 is 52.7 Å². The molecule has 1 saturated heterocycles. The molecule has 16 heteroatoms. The zero-order valence-electron chi connectivity index (χ0n) is 45.0. The van der Waals surface area contributed by atoms with E-state index in [1.54, 1.807) is 35.6 Å². The fourth-order valence-corrected chi connectivity index (χ4v) is 11.6. The van der Waals surface area contributed by atoms with Gasteiger partial charge in [-0.3, -0.25) is 24.1 Å². The summed E-state index contributed by atoms with van der Waals surface area (Å²) in [6, 6.07) is 23.5. The van der Waals surface area contributed by atoms with Crippen molar-refractivity contribution in [2.24, 2.45) is 11.3 Å². The average Bonchev–Trinajstić information content (AvgIpc) is 4.32. The number of nitrogens with zero attached hydrogens (tertiary/aromatic N) is 3. The van der Waals surface area contributed by atoms with Crippen LogP contribution >= 0.6 is 11.3 Å². The van der Waals surface area contributed by atoms with Gasteiger partial charge in [0.1, 0.15) is 41.5 Å². The van der Waals surface area contributed by atoms with Crippen LogP contribution < -0.4 is 15.4 Å². The highest BCUT2D eigenvalue weighted by Crippen LogP contribution is 2.50. The molecule has 1 aliphatic carbocycles. The van der Waals surface area contributed by atoms with Crippen molar-refractivity contribution in [1.82, 2.24) is 25.4 Å². The van der Waals surface area contributed by atoms with Gasteiger partial charge in [0.25, 0.3) is 0 Å². The predicted molar refractivity (Wildman–Crippen MR) is 293 cm³/mol.